The highest BCUT2D eigenvalue weighted by Crippen LogP contribution is 2.29. The Morgan fingerprint density at radius 2 is 2.00 bits per heavy atom. The summed E-state index contributed by atoms with van der Waals surface area (Å²) in [6.07, 6.45) is 5.52. The number of rotatable bonds is 5. The van der Waals surface area contributed by atoms with Gasteiger partial charge in [0, 0.05) is 42.9 Å². The van der Waals surface area contributed by atoms with Gasteiger partial charge in [0.1, 0.15) is 0 Å². The number of urea groups is 1. The van der Waals surface area contributed by atoms with Gasteiger partial charge in [-0.15, -0.1) is 0 Å². The van der Waals surface area contributed by atoms with Crippen LogP contribution in [0, 0.1) is 5.92 Å². The van der Waals surface area contributed by atoms with E-state index in [1.54, 1.807) is 6.20 Å². The number of aromatic amines is 1. The Labute approximate surface area is 164 Å². The van der Waals surface area contributed by atoms with E-state index in [2.05, 4.69) is 27.4 Å². The van der Waals surface area contributed by atoms with E-state index in [0.717, 1.165) is 24.8 Å². The maximum absolute atomic E-state index is 12.5. The number of fused-ring (bicyclic) bond motifs is 1. The molecule has 0 aliphatic carbocycles. The Hall–Kier alpha value is -2.86. The molecule has 4 rings (SSSR count). The summed E-state index contributed by atoms with van der Waals surface area (Å²) >= 11 is 0. The number of aliphatic hydroxyl groups excluding tert-OH is 1. The summed E-state index contributed by atoms with van der Waals surface area (Å²) < 4.78 is 0. The number of aliphatic hydroxyl groups is 1. The maximum atomic E-state index is 12.5. The molecule has 2 amide bonds. The van der Waals surface area contributed by atoms with Crippen molar-refractivity contribution in [2.45, 2.75) is 25.4 Å². The molecule has 28 heavy (non-hydrogen) atoms. The van der Waals surface area contributed by atoms with Crippen LogP contribution >= 0.6 is 0 Å². The van der Waals surface area contributed by atoms with Gasteiger partial charge in [-0.2, -0.15) is 0 Å². The standard InChI is InChI=1S/C22H26N4O2/c27-21(20-7-3-4-11-23-20)16-9-13-26(14-10-16)22(28)24-12-8-17-15-25-19-6-2-1-5-18(17)19/h1-7,11,15-16,21,25,27H,8-10,12-14H2,(H,24,28)/t21-/m1/s1. The fourth-order valence-corrected chi connectivity index (χ4v) is 3.97. The molecular weight excluding hydrogens is 352 g/mol. The molecule has 1 aliphatic rings. The predicted molar refractivity (Wildman–Crippen MR) is 109 cm³/mol. The zero-order chi connectivity index (χ0) is 19.3. The van der Waals surface area contributed by atoms with Crippen LogP contribution in [-0.4, -0.2) is 45.6 Å². The third kappa shape index (κ3) is 4.02. The summed E-state index contributed by atoms with van der Waals surface area (Å²) in [5, 5.41) is 14.8. The predicted octanol–water partition coefficient (Wildman–Crippen LogP) is 3.26. The highest BCUT2D eigenvalue weighted by atomic mass is 16.3. The number of nitrogens with zero attached hydrogens (tertiary/aromatic N) is 2. The number of H-pyrrole nitrogens is 1. The molecule has 0 saturated carbocycles. The maximum Gasteiger partial charge on any atom is 0.317 e. The smallest absolute Gasteiger partial charge is 0.317 e. The summed E-state index contributed by atoms with van der Waals surface area (Å²) in [6, 6.07) is 13.8. The van der Waals surface area contributed by atoms with Crippen LogP contribution in [0.4, 0.5) is 4.79 Å². The van der Waals surface area contributed by atoms with Crippen LogP contribution in [0.1, 0.15) is 30.2 Å². The van der Waals surface area contributed by atoms with Gasteiger partial charge < -0.3 is 20.3 Å². The fraction of sp³-hybridized carbons (Fsp3) is 0.364. The van der Waals surface area contributed by atoms with E-state index >= 15 is 0 Å². The number of hydrogen-bond donors (Lipinski definition) is 3. The number of amides is 2. The van der Waals surface area contributed by atoms with Crippen molar-refractivity contribution in [2.24, 2.45) is 5.92 Å². The number of likely N-dealkylation sites (tertiary alicyclic amines) is 1. The minimum Gasteiger partial charge on any atom is -0.387 e. The molecule has 1 saturated heterocycles. The normalized spacial score (nSPS) is 16.2. The Kier molecular flexibility index (Phi) is 5.58. The Morgan fingerprint density at radius 3 is 2.79 bits per heavy atom. The second-order valence-corrected chi connectivity index (χ2v) is 7.37. The lowest BCUT2D eigenvalue weighted by molar-refractivity contribution is 0.0636. The zero-order valence-electron chi connectivity index (χ0n) is 15.8. The quantitative estimate of drug-likeness (QED) is 0.637. The van der Waals surface area contributed by atoms with Crippen molar-refractivity contribution in [3.8, 4) is 0 Å². The first-order valence-electron chi connectivity index (χ1n) is 9.89. The van der Waals surface area contributed by atoms with Crippen molar-refractivity contribution in [3.05, 3.63) is 66.1 Å². The van der Waals surface area contributed by atoms with Gasteiger partial charge in [-0.3, -0.25) is 4.98 Å². The second kappa shape index (κ2) is 8.44. The van der Waals surface area contributed by atoms with E-state index in [4.69, 9.17) is 0 Å². The largest absolute Gasteiger partial charge is 0.387 e. The monoisotopic (exact) mass is 378 g/mol. The summed E-state index contributed by atoms with van der Waals surface area (Å²) in [5.41, 5.74) is 3.05. The van der Waals surface area contributed by atoms with Gasteiger partial charge in [-0.1, -0.05) is 24.3 Å². The molecule has 2 aromatic heterocycles. The SMILES string of the molecule is O=C(NCCc1c[nH]c2ccccc12)N1CCC([C@@H](O)c2ccccn2)CC1. The topological polar surface area (TPSA) is 81.2 Å². The van der Waals surface area contributed by atoms with E-state index in [-0.39, 0.29) is 11.9 Å². The zero-order valence-corrected chi connectivity index (χ0v) is 15.8. The molecule has 1 atom stereocenters. The molecule has 3 aromatic rings. The number of piperidine rings is 1. The molecule has 1 aromatic carbocycles. The average molecular weight is 378 g/mol. The lowest BCUT2D eigenvalue weighted by Crippen LogP contribution is -2.45. The molecule has 0 bridgehead atoms. The van der Waals surface area contributed by atoms with Gasteiger partial charge in [0.15, 0.2) is 0 Å². The van der Waals surface area contributed by atoms with Crippen LogP contribution in [0.25, 0.3) is 10.9 Å². The summed E-state index contributed by atoms with van der Waals surface area (Å²) in [6.45, 7) is 1.93. The minimum absolute atomic E-state index is 0.0226. The molecule has 0 unspecified atom stereocenters. The van der Waals surface area contributed by atoms with Crippen LogP contribution in [0.3, 0.4) is 0 Å². The van der Waals surface area contributed by atoms with Crippen LogP contribution in [-0.2, 0) is 6.42 Å². The van der Waals surface area contributed by atoms with Crippen molar-refractivity contribution in [1.82, 2.24) is 20.2 Å². The van der Waals surface area contributed by atoms with E-state index in [9.17, 15) is 9.90 Å². The van der Waals surface area contributed by atoms with Gasteiger partial charge in [-0.25, -0.2) is 4.79 Å². The number of benzene rings is 1. The van der Waals surface area contributed by atoms with Crippen molar-refractivity contribution < 1.29 is 9.90 Å². The van der Waals surface area contributed by atoms with Gasteiger partial charge in [0.25, 0.3) is 0 Å². The molecule has 0 spiro atoms. The molecule has 3 heterocycles. The molecule has 1 aliphatic heterocycles. The number of carbonyl (C=O) groups is 1. The summed E-state index contributed by atoms with van der Waals surface area (Å²) in [4.78, 5) is 21.8. The third-order valence-electron chi connectivity index (χ3n) is 5.61. The number of aromatic nitrogens is 2. The highest BCUT2D eigenvalue weighted by Gasteiger charge is 2.28. The fourth-order valence-electron chi connectivity index (χ4n) is 3.97. The molecular formula is C22H26N4O2. The average Bonchev–Trinajstić information content (AvgIpc) is 3.17. The number of para-hydroxylation sites is 1. The summed E-state index contributed by atoms with van der Waals surface area (Å²) in [5.74, 6) is 0.144. The number of hydrogen-bond acceptors (Lipinski definition) is 3. The lowest BCUT2D eigenvalue weighted by atomic mass is 9.89. The van der Waals surface area contributed by atoms with Gasteiger partial charge in [-0.05, 0) is 48.9 Å². The minimum atomic E-state index is -0.562. The van der Waals surface area contributed by atoms with E-state index in [1.165, 1.54) is 10.9 Å². The first-order chi connectivity index (χ1) is 13.7. The Morgan fingerprint density at radius 1 is 1.21 bits per heavy atom. The van der Waals surface area contributed by atoms with Crippen molar-refractivity contribution >= 4 is 16.9 Å². The van der Waals surface area contributed by atoms with Crippen LogP contribution < -0.4 is 5.32 Å². The highest BCUT2D eigenvalue weighted by molar-refractivity contribution is 5.83. The van der Waals surface area contributed by atoms with Gasteiger partial charge >= 0.3 is 6.03 Å². The van der Waals surface area contributed by atoms with Crippen LogP contribution in [0.5, 0.6) is 0 Å². The van der Waals surface area contributed by atoms with Crippen molar-refractivity contribution in [2.75, 3.05) is 19.6 Å². The van der Waals surface area contributed by atoms with Crippen molar-refractivity contribution in [1.29, 1.82) is 0 Å². The van der Waals surface area contributed by atoms with Crippen LogP contribution in [0.15, 0.2) is 54.9 Å². The van der Waals surface area contributed by atoms with Gasteiger partial charge in [0.05, 0.1) is 11.8 Å². The lowest BCUT2D eigenvalue weighted by Gasteiger charge is -2.34. The number of carbonyl (C=O) groups excluding carboxylic acids is 1. The van der Waals surface area contributed by atoms with Gasteiger partial charge in [0.2, 0.25) is 0 Å². The molecule has 1 fully saturated rings. The van der Waals surface area contributed by atoms with Crippen LogP contribution in [0.2, 0.25) is 0 Å². The molecule has 3 N–H and O–H groups in total. The first-order valence-corrected chi connectivity index (χ1v) is 9.89. The molecule has 146 valence electrons. The number of nitrogens with one attached hydrogen (secondary N) is 2. The van der Waals surface area contributed by atoms with E-state index < -0.39 is 6.10 Å². The number of pyridine rings is 1. The van der Waals surface area contributed by atoms with E-state index in [0.29, 0.717) is 25.3 Å². The van der Waals surface area contributed by atoms with Crippen molar-refractivity contribution in [3.63, 3.8) is 0 Å². The van der Waals surface area contributed by atoms with E-state index in [1.807, 2.05) is 41.4 Å². The summed E-state index contributed by atoms with van der Waals surface area (Å²) in [7, 11) is 0. The first kappa shape index (κ1) is 18.5. The third-order valence-corrected chi connectivity index (χ3v) is 5.61. The molecule has 6 nitrogen and oxygen atoms in total. The Balaban J connectivity index is 1.24. The Bertz CT molecular complexity index is 916. The second-order valence-electron chi connectivity index (χ2n) is 7.37. The molecule has 6 heteroatoms. The molecule has 0 radical (unpaired) electrons.